The Labute approximate surface area is 109 Å². The Morgan fingerprint density at radius 2 is 2.18 bits per heavy atom. The molecule has 0 bridgehead atoms. The van der Waals surface area contributed by atoms with E-state index in [4.69, 9.17) is 11.6 Å². The third-order valence-electron chi connectivity index (χ3n) is 2.65. The molecule has 1 aliphatic rings. The standard InChI is InChI=1S/C12H12ClN3S/c13-10-7-16-12(17-8-10)14-11(15-16)6-9-4-2-1-3-5-9/h1-5,10H,6-8H2. The van der Waals surface area contributed by atoms with Crippen molar-refractivity contribution in [3.05, 3.63) is 41.7 Å². The van der Waals surface area contributed by atoms with Crippen LogP contribution in [0.4, 0.5) is 0 Å². The molecule has 0 saturated carbocycles. The molecule has 0 spiro atoms. The maximum absolute atomic E-state index is 6.10. The van der Waals surface area contributed by atoms with Crippen LogP contribution in [-0.4, -0.2) is 25.9 Å². The van der Waals surface area contributed by atoms with E-state index in [2.05, 4.69) is 22.2 Å². The van der Waals surface area contributed by atoms with Crippen LogP contribution in [0, 0.1) is 0 Å². The molecule has 0 radical (unpaired) electrons. The summed E-state index contributed by atoms with van der Waals surface area (Å²) in [6.45, 7) is 0.770. The van der Waals surface area contributed by atoms with Gasteiger partial charge in [-0.3, -0.25) is 0 Å². The van der Waals surface area contributed by atoms with E-state index in [0.29, 0.717) is 0 Å². The first-order valence-electron chi connectivity index (χ1n) is 5.56. The molecule has 0 amide bonds. The fourth-order valence-corrected chi connectivity index (χ4v) is 3.05. The third-order valence-corrected chi connectivity index (χ3v) is 4.26. The lowest BCUT2D eigenvalue weighted by Gasteiger charge is -2.15. The molecule has 0 N–H and O–H groups in total. The van der Waals surface area contributed by atoms with Crippen LogP contribution >= 0.6 is 23.4 Å². The molecule has 1 aliphatic heterocycles. The monoisotopic (exact) mass is 265 g/mol. The molecule has 17 heavy (non-hydrogen) atoms. The van der Waals surface area contributed by atoms with E-state index in [9.17, 15) is 0 Å². The average Bonchev–Trinajstić information content (AvgIpc) is 2.71. The van der Waals surface area contributed by atoms with Crippen molar-refractivity contribution >= 4 is 23.4 Å². The van der Waals surface area contributed by atoms with E-state index in [-0.39, 0.29) is 5.38 Å². The van der Waals surface area contributed by atoms with E-state index >= 15 is 0 Å². The normalized spacial score (nSPS) is 19.0. The molecule has 0 fully saturated rings. The fourth-order valence-electron chi connectivity index (χ4n) is 1.86. The molecule has 5 heteroatoms. The van der Waals surface area contributed by atoms with E-state index < -0.39 is 0 Å². The summed E-state index contributed by atoms with van der Waals surface area (Å²) in [6.07, 6.45) is 0.786. The van der Waals surface area contributed by atoms with Crippen LogP contribution in [0.2, 0.25) is 0 Å². The zero-order valence-corrected chi connectivity index (χ0v) is 10.8. The van der Waals surface area contributed by atoms with Crippen molar-refractivity contribution in [1.29, 1.82) is 0 Å². The Bertz CT molecular complexity index is 512. The molecule has 0 saturated heterocycles. The molecule has 3 nitrogen and oxygen atoms in total. The summed E-state index contributed by atoms with van der Waals surface area (Å²) in [5, 5.41) is 5.66. The van der Waals surface area contributed by atoms with Gasteiger partial charge in [-0.05, 0) is 5.56 Å². The summed E-state index contributed by atoms with van der Waals surface area (Å²) in [5.74, 6) is 1.80. The van der Waals surface area contributed by atoms with Crippen LogP contribution in [0.15, 0.2) is 35.5 Å². The Hall–Kier alpha value is -1.00. The predicted octanol–water partition coefficient (Wildman–Crippen LogP) is 2.58. The van der Waals surface area contributed by atoms with E-state index in [1.807, 2.05) is 22.9 Å². The Kier molecular flexibility index (Phi) is 3.07. The highest BCUT2D eigenvalue weighted by Crippen LogP contribution is 2.25. The van der Waals surface area contributed by atoms with Crippen molar-refractivity contribution in [3.8, 4) is 0 Å². The molecule has 1 aromatic heterocycles. The van der Waals surface area contributed by atoms with Gasteiger partial charge in [0, 0.05) is 12.2 Å². The zero-order valence-electron chi connectivity index (χ0n) is 9.21. The fraction of sp³-hybridized carbons (Fsp3) is 0.333. The van der Waals surface area contributed by atoms with Gasteiger partial charge in [-0.15, -0.1) is 11.6 Å². The van der Waals surface area contributed by atoms with Crippen LogP contribution in [0.25, 0.3) is 0 Å². The first-order chi connectivity index (χ1) is 8.31. The largest absolute Gasteiger partial charge is 0.239 e. The van der Waals surface area contributed by atoms with E-state index in [1.165, 1.54) is 5.56 Å². The number of thioether (sulfide) groups is 1. The molecule has 1 atom stereocenters. The van der Waals surface area contributed by atoms with Crippen LogP contribution in [-0.2, 0) is 13.0 Å². The van der Waals surface area contributed by atoms with Crippen LogP contribution in [0.3, 0.4) is 0 Å². The molecule has 88 valence electrons. The zero-order chi connectivity index (χ0) is 11.7. The van der Waals surface area contributed by atoms with Crippen LogP contribution in [0.5, 0.6) is 0 Å². The number of nitrogens with zero attached hydrogens (tertiary/aromatic N) is 3. The number of alkyl halides is 1. The van der Waals surface area contributed by atoms with Gasteiger partial charge in [0.05, 0.1) is 11.9 Å². The van der Waals surface area contributed by atoms with Gasteiger partial charge in [-0.1, -0.05) is 42.1 Å². The minimum atomic E-state index is 0.166. The Morgan fingerprint density at radius 3 is 3.00 bits per heavy atom. The molecular formula is C12H12ClN3S. The number of hydrogen-bond donors (Lipinski definition) is 0. The second-order valence-electron chi connectivity index (χ2n) is 4.06. The Morgan fingerprint density at radius 1 is 1.35 bits per heavy atom. The van der Waals surface area contributed by atoms with Crippen molar-refractivity contribution in [2.75, 3.05) is 5.75 Å². The van der Waals surface area contributed by atoms with Gasteiger partial charge in [0.2, 0.25) is 0 Å². The lowest BCUT2D eigenvalue weighted by molar-refractivity contribution is 0.542. The summed E-state index contributed by atoms with van der Waals surface area (Å²) in [5.41, 5.74) is 1.24. The highest BCUT2D eigenvalue weighted by molar-refractivity contribution is 7.99. The number of aromatic nitrogens is 3. The molecule has 2 heterocycles. The van der Waals surface area contributed by atoms with Gasteiger partial charge in [0.1, 0.15) is 0 Å². The number of rotatable bonds is 2. The highest BCUT2D eigenvalue weighted by Gasteiger charge is 2.20. The first kappa shape index (κ1) is 11.1. The minimum absolute atomic E-state index is 0.166. The van der Waals surface area contributed by atoms with Crippen molar-refractivity contribution in [2.24, 2.45) is 0 Å². The van der Waals surface area contributed by atoms with Gasteiger partial charge in [-0.25, -0.2) is 9.67 Å². The number of hydrogen-bond acceptors (Lipinski definition) is 3. The van der Waals surface area contributed by atoms with Crippen molar-refractivity contribution in [2.45, 2.75) is 23.5 Å². The third kappa shape index (κ3) is 2.48. The van der Waals surface area contributed by atoms with Gasteiger partial charge in [0.15, 0.2) is 11.0 Å². The van der Waals surface area contributed by atoms with Gasteiger partial charge in [0.25, 0.3) is 0 Å². The van der Waals surface area contributed by atoms with E-state index in [0.717, 1.165) is 29.7 Å². The molecular weight excluding hydrogens is 254 g/mol. The summed E-state index contributed by atoms with van der Waals surface area (Å²) in [4.78, 5) is 4.54. The predicted molar refractivity (Wildman–Crippen MR) is 69.6 cm³/mol. The smallest absolute Gasteiger partial charge is 0.186 e. The Balaban J connectivity index is 1.81. The number of halogens is 1. The van der Waals surface area contributed by atoms with Gasteiger partial charge in [-0.2, -0.15) is 5.10 Å². The SMILES string of the molecule is ClC1CSc2nc(Cc3ccccc3)nn2C1. The number of fused-ring (bicyclic) bond motifs is 1. The molecule has 3 rings (SSSR count). The summed E-state index contributed by atoms with van der Waals surface area (Å²) in [7, 11) is 0. The lowest BCUT2D eigenvalue weighted by Crippen LogP contribution is -2.19. The first-order valence-corrected chi connectivity index (χ1v) is 6.98. The van der Waals surface area contributed by atoms with E-state index in [1.54, 1.807) is 11.8 Å². The van der Waals surface area contributed by atoms with Gasteiger partial charge < -0.3 is 0 Å². The molecule has 1 aromatic carbocycles. The summed E-state index contributed by atoms with van der Waals surface area (Å²) >= 11 is 7.79. The molecule has 0 aliphatic carbocycles. The topological polar surface area (TPSA) is 30.7 Å². The number of benzene rings is 1. The maximum Gasteiger partial charge on any atom is 0.186 e. The second kappa shape index (κ2) is 4.70. The van der Waals surface area contributed by atoms with Gasteiger partial charge >= 0.3 is 0 Å². The van der Waals surface area contributed by atoms with Crippen LogP contribution in [0.1, 0.15) is 11.4 Å². The van der Waals surface area contributed by atoms with Crippen LogP contribution < -0.4 is 0 Å². The highest BCUT2D eigenvalue weighted by atomic mass is 35.5. The lowest BCUT2D eigenvalue weighted by atomic mass is 10.1. The average molecular weight is 266 g/mol. The summed E-state index contributed by atoms with van der Waals surface area (Å²) in [6, 6.07) is 10.3. The van der Waals surface area contributed by atoms with Crippen molar-refractivity contribution < 1.29 is 0 Å². The summed E-state index contributed by atoms with van der Waals surface area (Å²) < 4.78 is 1.92. The molecule has 2 aromatic rings. The quantitative estimate of drug-likeness (QED) is 0.782. The minimum Gasteiger partial charge on any atom is -0.239 e. The maximum atomic E-state index is 6.10. The molecule has 1 unspecified atom stereocenters. The van der Waals surface area contributed by atoms with Crippen molar-refractivity contribution in [1.82, 2.24) is 14.8 Å². The second-order valence-corrected chi connectivity index (χ2v) is 5.67. The van der Waals surface area contributed by atoms with Crippen molar-refractivity contribution in [3.63, 3.8) is 0 Å².